The number of carbonyl (C=O) groups excluding carboxylic acids is 2. The first-order chi connectivity index (χ1) is 10.5. The van der Waals surface area contributed by atoms with E-state index in [1.807, 2.05) is 18.4 Å². The van der Waals surface area contributed by atoms with Crippen LogP contribution in [0.5, 0.6) is 0 Å². The maximum absolute atomic E-state index is 12.9. The number of esters is 1. The molecule has 1 fully saturated rings. The molecule has 0 bridgehead atoms. The van der Waals surface area contributed by atoms with Crippen LogP contribution >= 0.6 is 0 Å². The molecule has 22 heavy (non-hydrogen) atoms. The molecule has 2 rings (SSSR count). The van der Waals surface area contributed by atoms with Gasteiger partial charge >= 0.3 is 5.97 Å². The van der Waals surface area contributed by atoms with E-state index in [9.17, 15) is 9.59 Å². The van der Waals surface area contributed by atoms with Crippen LogP contribution in [-0.4, -0.2) is 54.8 Å². The Morgan fingerprint density at radius 2 is 1.73 bits per heavy atom. The number of rotatable bonds is 4. The standard InChI is InChI=1S/C16H24N2O4/c1-5-6-18-11(2)13(14(12(18)3)16(20)21-4)15(19)17-7-9-22-10-8-17/h5-10H2,1-4H3. The minimum absolute atomic E-state index is 0.112. The molecule has 0 aromatic carbocycles. The fraction of sp³-hybridized carbons (Fsp3) is 0.625. The number of methoxy groups -OCH3 is 1. The van der Waals surface area contributed by atoms with Gasteiger partial charge in [0.1, 0.15) is 0 Å². The second kappa shape index (κ2) is 6.96. The number of nitrogens with zero attached hydrogens (tertiary/aromatic N) is 2. The van der Waals surface area contributed by atoms with Crippen LogP contribution in [0.3, 0.4) is 0 Å². The van der Waals surface area contributed by atoms with Crippen molar-refractivity contribution in [2.45, 2.75) is 33.7 Å². The lowest BCUT2D eigenvalue weighted by atomic mass is 10.1. The number of carbonyl (C=O) groups is 2. The lowest BCUT2D eigenvalue weighted by Crippen LogP contribution is -2.41. The quantitative estimate of drug-likeness (QED) is 0.795. The normalized spacial score (nSPS) is 15.0. The van der Waals surface area contributed by atoms with Gasteiger partial charge in [-0.2, -0.15) is 0 Å². The molecule has 1 saturated heterocycles. The molecule has 0 unspecified atom stereocenters. The van der Waals surface area contributed by atoms with E-state index < -0.39 is 5.97 Å². The summed E-state index contributed by atoms with van der Waals surface area (Å²) in [7, 11) is 1.34. The van der Waals surface area contributed by atoms with Crippen molar-refractivity contribution in [1.29, 1.82) is 0 Å². The lowest BCUT2D eigenvalue weighted by molar-refractivity contribution is 0.0299. The molecule has 122 valence electrons. The van der Waals surface area contributed by atoms with Crippen molar-refractivity contribution in [3.05, 3.63) is 22.5 Å². The molecule has 0 N–H and O–H groups in total. The van der Waals surface area contributed by atoms with Crippen molar-refractivity contribution in [3.8, 4) is 0 Å². The topological polar surface area (TPSA) is 60.8 Å². The summed E-state index contributed by atoms with van der Waals surface area (Å²) in [5.74, 6) is -0.564. The first-order valence-corrected chi connectivity index (χ1v) is 7.67. The SMILES string of the molecule is CCCn1c(C)c(C(=O)OC)c(C(=O)N2CCOCC2)c1C. The van der Waals surface area contributed by atoms with Crippen LogP contribution < -0.4 is 0 Å². The number of amides is 1. The number of hydrogen-bond donors (Lipinski definition) is 0. The van der Waals surface area contributed by atoms with E-state index >= 15 is 0 Å². The molecule has 0 saturated carbocycles. The van der Waals surface area contributed by atoms with E-state index in [1.165, 1.54) is 7.11 Å². The first kappa shape index (κ1) is 16.5. The third-order valence-electron chi connectivity index (χ3n) is 4.13. The highest BCUT2D eigenvalue weighted by Crippen LogP contribution is 2.25. The Balaban J connectivity index is 2.49. The van der Waals surface area contributed by atoms with E-state index in [2.05, 4.69) is 6.92 Å². The van der Waals surface area contributed by atoms with Gasteiger partial charge in [-0.25, -0.2) is 4.79 Å². The molecule has 1 amide bonds. The van der Waals surface area contributed by atoms with Crippen LogP contribution in [-0.2, 0) is 16.0 Å². The molecular weight excluding hydrogens is 284 g/mol. The molecule has 0 atom stereocenters. The smallest absolute Gasteiger partial charge is 0.340 e. The Kier molecular flexibility index (Phi) is 5.24. The molecule has 0 spiro atoms. The molecule has 1 aliphatic heterocycles. The van der Waals surface area contributed by atoms with Crippen LogP contribution in [0.4, 0.5) is 0 Å². The van der Waals surface area contributed by atoms with Crippen LogP contribution in [0.25, 0.3) is 0 Å². The van der Waals surface area contributed by atoms with Crippen LogP contribution in [0, 0.1) is 13.8 Å². The van der Waals surface area contributed by atoms with Crippen LogP contribution in [0.1, 0.15) is 45.4 Å². The zero-order valence-corrected chi connectivity index (χ0v) is 13.8. The van der Waals surface area contributed by atoms with Crippen molar-refractivity contribution in [3.63, 3.8) is 0 Å². The zero-order chi connectivity index (χ0) is 16.3. The van der Waals surface area contributed by atoms with Gasteiger partial charge in [0, 0.05) is 31.0 Å². The van der Waals surface area contributed by atoms with Crippen LogP contribution in [0.15, 0.2) is 0 Å². The molecule has 0 radical (unpaired) electrons. The predicted octanol–water partition coefficient (Wildman–Crippen LogP) is 1.77. The van der Waals surface area contributed by atoms with E-state index in [0.717, 1.165) is 24.4 Å². The largest absolute Gasteiger partial charge is 0.465 e. The number of hydrogen-bond acceptors (Lipinski definition) is 4. The maximum atomic E-state index is 12.9. The van der Waals surface area contributed by atoms with E-state index in [1.54, 1.807) is 4.90 Å². The fourth-order valence-corrected chi connectivity index (χ4v) is 2.98. The fourth-order valence-electron chi connectivity index (χ4n) is 2.98. The van der Waals surface area contributed by atoms with Crippen molar-refractivity contribution in [2.24, 2.45) is 0 Å². The van der Waals surface area contributed by atoms with Crippen molar-refractivity contribution < 1.29 is 19.1 Å². The average molecular weight is 308 g/mol. The number of aromatic nitrogens is 1. The third-order valence-corrected chi connectivity index (χ3v) is 4.13. The van der Waals surface area contributed by atoms with Gasteiger partial charge in [0.2, 0.25) is 0 Å². The highest BCUT2D eigenvalue weighted by molar-refractivity contribution is 6.07. The summed E-state index contributed by atoms with van der Waals surface area (Å²) in [6.45, 7) is 8.78. The summed E-state index contributed by atoms with van der Waals surface area (Å²) in [4.78, 5) is 26.8. The van der Waals surface area contributed by atoms with E-state index in [4.69, 9.17) is 9.47 Å². The van der Waals surface area contributed by atoms with E-state index in [-0.39, 0.29) is 5.91 Å². The van der Waals surface area contributed by atoms with Crippen molar-refractivity contribution >= 4 is 11.9 Å². The van der Waals surface area contributed by atoms with Gasteiger partial charge in [0.15, 0.2) is 0 Å². The van der Waals surface area contributed by atoms with Gasteiger partial charge in [0.25, 0.3) is 5.91 Å². The molecule has 6 nitrogen and oxygen atoms in total. The molecule has 1 aliphatic rings. The minimum Gasteiger partial charge on any atom is -0.465 e. The molecule has 0 aliphatic carbocycles. The van der Waals surface area contributed by atoms with Gasteiger partial charge in [-0.1, -0.05) is 6.92 Å². The Labute approximate surface area is 131 Å². The maximum Gasteiger partial charge on any atom is 0.340 e. The molecule has 1 aromatic rings. The lowest BCUT2D eigenvalue weighted by Gasteiger charge is -2.27. The molecule has 2 heterocycles. The Bertz CT molecular complexity index is 571. The molecular formula is C16H24N2O4. The summed E-state index contributed by atoms with van der Waals surface area (Å²) in [6, 6.07) is 0. The Morgan fingerprint density at radius 3 is 2.27 bits per heavy atom. The third kappa shape index (κ3) is 2.88. The van der Waals surface area contributed by atoms with Crippen LogP contribution in [0.2, 0.25) is 0 Å². The molecule has 1 aromatic heterocycles. The first-order valence-electron chi connectivity index (χ1n) is 7.67. The minimum atomic E-state index is -0.452. The summed E-state index contributed by atoms with van der Waals surface area (Å²) < 4.78 is 12.2. The summed E-state index contributed by atoms with van der Waals surface area (Å²) in [5.41, 5.74) is 2.49. The summed E-state index contributed by atoms with van der Waals surface area (Å²) in [5, 5.41) is 0. The number of morpholine rings is 1. The highest BCUT2D eigenvalue weighted by atomic mass is 16.5. The predicted molar refractivity (Wildman–Crippen MR) is 82.3 cm³/mol. The zero-order valence-electron chi connectivity index (χ0n) is 13.8. The number of ether oxygens (including phenoxy) is 2. The highest BCUT2D eigenvalue weighted by Gasteiger charge is 2.31. The summed E-state index contributed by atoms with van der Waals surface area (Å²) >= 11 is 0. The summed E-state index contributed by atoms with van der Waals surface area (Å²) in [6.07, 6.45) is 0.933. The average Bonchev–Trinajstić information content (AvgIpc) is 2.79. The van der Waals surface area contributed by atoms with E-state index in [0.29, 0.717) is 37.4 Å². The van der Waals surface area contributed by atoms with Gasteiger partial charge < -0.3 is 18.9 Å². The molecule has 6 heteroatoms. The monoisotopic (exact) mass is 308 g/mol. The van der Waals surface area contributed by atoms with Gasteiger partial charge in [-0.05, 0) is 20.3 Å². The Hall–Kier alpha value is -1.82. The van der Waals surface area contributed by atoms with Gasteiger partial charge in [0.05, 0.1) is 31.5 Å². The van der Waals surface area contributed by atoms with Crippen molar-refractivity contribution in [2.75, 3.05) is 33.4 Å². The second-order valence-electron chi connectivity index (χ2n) is 5.47. The second-order valence-corrected chi connectivity index (χ2v) is 5.47. The Morgan fingerprint density at radius 1 is 1.14 bits per heavy atom. The van der Waals surface area contributed by atoms with Gasteiger partial charge in [-0.15, -0.1) is 0 Å². The van der Waals surface area contributed by atoms with Crippen molar-refractivity contribution in [1.82, 2.24) is 9.47 Å². The van der Waals surface area contributed by atoms with Gasteiger partial charge in [-0.3, -0.25) is 4.79 Å².